The predicted octanol–water partition coefficient (Wildman–Crippen LogP) is 4.17. The van der Waals surface area contributed by atoms with Crippen LogP contribution in [0.15, 0.2) is 88.8 Å². The van der Waals surface area contributed by atoms with Crippen LogP contribution in [0.4, 0.5) is 0 Å². The summed E-state index contributed by atoms with van der Waals surface area (Å²) in [6.45, 7) is 3.78. The van der Waals surface area contributed by atoms with E-state index in [9.17, 15) is 14.7 Å². The van der Waals surface area contributed by atoms with Gasteiger partial charge in [0.1, 0.15) is 5.75 Å². The molecule has 4 aromatic rings. The van der Waals surface area contributed by atoms with E-state index >= 15 is 0 Å². The molecule has 8 heteroatoms. The van der Waals surface area contributed by atoms with Gasteiger partial charge in [-0.3, -0.25) is 25.0 Å². The number of hydrogen-bond acceptors (Lipinski definition) is 6. The molecule has 0 fully saturated rings. The second-order valence-electron chi connectivity index (χ2n) is 7.55. The zero-order valence-electron chi connectivity index (χ0n) is 18.8. The van der Waals surface area contributed by atoms with Crippen LogP contribution in [0.3, 0.4) is 0 Å². The molecular formula is C26H24N4O3S. The van der Waals surface area contributed by atoms with E-state index in [4.69, 9.17) is 0 Å². The van der Waals surface area contributed by atoms with Gasteiger partial charge >= 0.3 is 0 Å². The van der Waals surface area contributed by atoms with Crippen LogP contribution < -0.4 is 16.4 Å². The third-order valence-corrected chi connectivity index (χ3v) is 6.18. The number of carbonyl (C=O) groups excluding carboxylic acids is 1. The summed E-state index contributed by atoms with van der Waals surface area (Å²) < 4.78 is 1.57. The number of carbonyl (C=O) groups is 1. The topological polar surface area (TPSA) is 96.3 Å². The van der Waals surface area contributed by atoms with Crippen molar-refractivity contribution in [3.8, 4) is 11.4 Å². The van der Waals surface area contributed by atoms with Gasteiger partial charge in [-0.15, -0.1) is 0 Å². The molecule has 0 aliphatic rings. The summed E-state index contributed by atoms with van der Waals surface area (Å²) in [5, 5.41) is 10.4. The molecule has 1 heterocycles. The highest BCUT2D eigenvalue weighted by Crippen LogP contribution is 2.23. The molecule has 34 heavy (non-hydrogen) atoms. The molecule has 7 nitrogen and oxygen atoms in total. The number of nitrogens with zero attached hydrogens (tertiary/aromatic N) is 2. The fourth-order valence-corrected chi connectivity index (χ4v) is 4.30. The van der Waals surface area contributed by atoms with Gasteiger partial charge in [-0.2, -0.15) is 0 Å². The van der Waals surface area contributed by atoms with Crippen LogP contribution >= 0.6 is 11.8 Å². The van der Waals surface area contributed by atoms with Gasteiger partial charge in [0.25, 0.3) is 5.56 Å². The van der Waals surface area contributed by atoms with Crippen molar-refractivity contribution in [2.24, 2.45) is 0 Å². The van der Waals surface area contributed by atoms with E-state index in [2.05, 4.69) is 15.8 Å². The normalized spacial score (nSPS) is 11.4. The number of aromatic hydroxyl groups is 1. The number of aryl methyl sites for hydroxylation is 1. The summed E-state index contributed by atoms with van der Waals surface area (Å²) in [6.07, 6.45) is 1.82. The average Bonchev–Trinajstić information content (AvgIpc) is 2.85. The largest absolute Gasteiger partial charge is 0.508 e. The van der Waals surface area contributed by atoms with Crippen LogP contribution in [0.2, 0.25) is 0 Å². The first-order chi connectivity index (χ1) is 16.5. The van der Waals surface area contributed by atoms with E-state index in [1.165, 1.54) is 11.8 Å². The molecule has 0 aliphatic carbocycles. The minimum Gasteiger partial charge on any atom is -0.508 e. The van der Waals surface area contributed by atoms with Crippen molar-refractivity contribution >= 4 is 34.3 Å². The van der Waals surface area contributed by atoms with Gasteiger partial charge in [0.15, 0.2) is 5.16 Å². The molecule has 0 aliphatic heterocycles. The van der Waals surface area contributed by atoms with E-state index in [1.54, 1.807) is 41.0 Å². The van der Waals surface area contributed by atoms with Gasteiger partial charge in [-0.05, 0) is 67.4 Å². The third-order valence-electron chi connectivity index (χ3n) is 5.24. The summed E-state index contributed by atoms with van der Waals surface area (Å²) in [6, 6.07) is 21.4. The number of hydrazine groups is 1. The van der Waals surface area contributed by atoms with Crippen molar-refractivity contribution < 1.29 is 9.90 Å². The summed E-state index contributed by atoms with van der Waals surface area (Å²) in [4.78, 5) is 30.6. The standard InChI is InChI=1S/C26H24N4O3S/c1-3-21(18-12-14-19(31)15-13-18)28-29-24(32)16-34-26-27-22-10-6-5-9-20(22)25(33)30(26)23-11-7-4-8-17(23)2/h3-15,28,31H,16H2,1-2H3,(H,29,32)/b21-3-. The predicted molar refractivity (Wildman–Crippen MR) is 136 cm³/mol. The first kappa shape index (κ1) is 23.1. The lowest BCUT2D eigenvalue weighted by Crippen LogP contribution is -2.37. The van der Waals surface area contributed by atoms with Gasteiger partial charge in [0.2, 0.25) is 5.91 Å². The molecule has 0 atom stereocenters. The van der Waals surface area contributed by atoms with Crippen molar-refractivity contribution in [3.05, 3.63) is 100 Å². The number of amides is 1. The van der Waals surface area contributed by atoms with E-state index in [-0.39, 0.29) is 23.0 Å². The van der Waals surface area contributed by atoms with E-state index in [1.807, 2.05) is 56.3 Å². The summed E-state index contributed by atoms with van der Waals surface area (Å²) in [5.74, 6) is -0.0555. The van der Waals surface area contributed by atoms with E-state index < -0.39 is 0 Å². The molecule has 172 valence electrons. The number of rotatable bonds is 7. The molecule has 1 aromatic heterocycles. The maximum absolute atomic E-state index is 13.4. The van der Waals surface area contributed by atoms with Crippen molar-refractivity contribution in [2.75, 3.05) is 5.75 Å². The van der Waals surface area contributed by atoms with Crippen molar-refractivity contribution in [2.45, 2.75) is 19.0 Å². The van der Waals surface area contributed by atoms with Crippen LogP contribution in [0.1, 0.15) is 18.1 Å². The monoisotopic (exact) mass is 472 g/mol. The lowest BCUT2D eigenvalue weighted by atomic mass is 10.1. The SMILES string of the molecule is C/C=C(\NNC(=O)CSc1nc2ccccc2c(=O)n1-c1ccccc1C)c1ccc(O)cc1. The maximum Gasteiger partial charge on any atom is 0.266 e. The minimum absolute atomic E-state index is 0.0518. The fourth-order valence-electron chi connectivity index (χ4n) is 3.49. The van der Waals surface area contributed by atoms with Crippen LogP contribution in [-0.4, -0.2) is 26.3 Å². The maximum atomic E-state index is 13.4. The van der Waals surface area contributed by atoms with Gasteiger partial charge in [0.05, 0.1) is 28.0 Å². The minimum atomic E-state index is -0.276. The lowest BCUT2D eigenvalue weighted by molar-refractivity contribution is -0.119. The number of benzene rings is 3. The quantitative estimate of drug-likeness (QED) is 0.212. The molecule has 3 N–H and O–H groups in total. The highest BCUT2D eigenvalue weighted by molar-refractivity contribution is 7.99. The van der Waals surface area contributed by atoms with Gasteiger partial charge in [-0.25, -0.2) is 4.98 Å². The number of hydrogen-bond donors (Lipinski definition) is 3. The third kappa shape index (κ3) is 4.97. The first-order valence-electron chi connectivity index (χ1n) is 10.7. The molecule has 4 rings (SSSR count). The Morgan fingerprint density at radius 2 is 1.74 bits per heavy atom. The second-order valence-corrected chi connectivity index (χ2v) is 8.49. The number of aromatic nitrogens is 2. The Labute approximate surface area is 201 Å². The molecule has 0 saturated heterocycles. The van der Waals surface area contributed by atoms with Crippen LogP contribution in [-0.2, 0) is 4.79 Å². The lowest BCUT2D eigenvalue weighted by Gasteiger charge is -2.15. The molecule has 0 unspecified atom stereocenters. The number of phenolic OH excluding ortho intramolecular Hbond substituents is 1. The Kier molecular flexibility index (Phi) is 6.98. The number of fused-ring (bicyclic) bond motifs is 1. The number of allylic oxidation sites excluding steroid dienone is 1. The number of phenols is 1. The number of para-hydroxylation sites is 2. The molecular weight excluding hydrogens is 448 g/mol. The zero-order chi connectivity index (χ0) is 24.1. The Hall–Kier alpha value is -4.04. The highest BCUT2D eigenvalue weighted by atomic mass is 32.2. The average molecular weight is 473 g/mol. The molecule has 1 amide bonds. The first-order valence-corrected chi connectivity index (χ1v) is 11.7. The Balaban J connectivity index is 1.55. The number of nitrogens with one attached hydrogen (secondary N) is 2. The summed E-state index contributed by atoms with van der Waals surface area (Å²) in [5.41, 5.74) is 9.18. The van der Waals surface area contributed by atoms with Crippen LogP contribution in [0.5, 0.6) is 5.75 Å². The van der Waals surface area contributed by atoms with Crippen LogP contribution in [0.25, 0.3) is 22.3 Å². The Morgan fingerprint density at radius 1 is 1.03 bits per heavy atom. The van der Waals surface area contributed by atoms with Crippen molar-refractivity contribution in [3.63, 3.8) is 0 Å². The molecule has 3 aromatic carbocycles. The zero-order valence-corrected chi connectivity index (χ0v) is 19.6. The van der Waals surface area contributed by atoms with Crippen molar-refractivity contribution in [1.29, 1.82) is 0 Å². The molecule has 0 bridgehead atoms. The van der Waals surface area contributed by atoms with E-state index in [0.29, 0.717) is 21.8 Å². The Bertz CT molecular complexity index is 1430. The highest BCUT2D eigenvalue weighted by Gasteiger charge is 2.16. The Morgan fingerprint density at radius 3 is 2.47 bits per heavy atom. The molecule has 0 spiro atoms. The smallest absolute Gasteiger partial charge is 0.266 e. The molecule has 0 radical (unpaired) electrons. The fraction of sp³-hybridized carbons (Fsp3) is 0.115. The summed E-state index contributed by atoms with van der Waals surface area (Å²) in [7, 11) is 0. The van der Waals surface area contributed by atoms with Crippen molar-refractivity contribution in [1.82, 2.24) is 20.4 Å². The van der Waals surface area contributed by atoms with Gasteiger partial charge < -0.3 is 5.11 Å². The summed E-state index contributed by atoms with van der Waals surface area (Å²) >= 11 is 1.19. The van der Waals surface area contributed by atoms with Crippen LogP contribution in [0, 0.1) is 6.92 Å². The molecule has 0 saturated carbocycles. The number of thioether (sulfide) groups is 1. The van der Waals surface area contributed by atoms with E-state index in [0.717, 1.165) is 16.8 Å². The second kappa shape index (κ2) is 10.3. The van der Waals surface area contributed by atoms with Gasteiger partial charge in [0, 0.05) is 0 Å². The van der Waals surface area contributed by atoms with Gasteiger partial charge in [-0.1, -0.05) is 48.2 Å².